The van der Waals surface area contributed by atoms with Crippen molar-refractivity contribution in [3.05, 3.63) is 29.2 Å². The highest BCUT2D eigenvalue weighted by molar-refractivity contribution is 5.99. The number of likely N-dealkylation sites (tertiary alicyclic amines) is 1. The van der Waals surface area contributed by atoms with Gasteiger partial charge < -0.3 is 4.90 Å². The van der Waals surface area contributed by atoms with Crippen LogP contribution < -0.4 is 0 Å². The number of hydrogen-bond donors (Lipinski definition) is 0. The van der Waals surface area contributed by atoms with Gasteiger partial charge in [0.25, 0.3) is 5.91 Å². The van der Waals surface area contributed by atoms with Gasteiger partial charge in [0.15, 0.2) is 5.65 Å². The summed E-state index contributed by atoms with van der Waals surface area (Å²) in [5, 5.41) is 4.37. The van der Waals surface area contributed by atoms with Crippen molar-refractivity contribution in [3.63, 3.8) is 0 Å². The van der Waals surface area contributed by atoms with Crippen LogP contribution in [0.25, 0.3) is 5.65 Å². The highest BCUT2D eigenvalue weighted by atomic mass is 16.2. The van der Waals surface area contributed by atoms with Gasteiger partial charge in [0, 0.05) is 24.5 Å². The molecular weight excluding hydrogens is 300 g/mol. The number of aromatic nitrogens is 3. The van der Waals surface area contributed by atoms with Crippen LogP contribution in [-0.2, 0) is 0 Å². The van der Waals surface area contributed by atoms with Crippen LogP contribution in [0.15, 0.2) is 12.3 Å². The van der Waals surface area contributed by atoms with Crippen molar-refractivity contribution in [1.29, 1.82) is 0 Å². The standard InChI is InChI=1S/C19H28N4O/c1-5-19(6-2)8-7-10-22(11-9-19)18(24)16-13-20-23-15(4)12-14(3)21-17(16)23/h12-13H,5-11H2,1-4H3. The molecule has 5 heteroatoms. The molecule has 0 N–H and O–H groups in total. The van der Waals surface area contributed by atoms with E-state index in [2.05, 4.69) is 23.9 Å². The zero-order chi connectivity index (χ0) is 17.3. The van der Waals surface area contributed by atoms with Crippen LogP contribution in [0.1, 0.15) is 67.7 Å². The minimum atomic E-state index is 0.0745. The number of rotatable bonds is 3. The molecule has 5 nitrogen and oxygen atoms in total. The minimum absolute atomic E-state index is 0.0745. The number of nitrogens with zero attached hydrogens (tertiary/aromatic N) is 4. The lowest BCUT2D eigenvalue weighted by molar-refractivity contribution is 0.0755. The van der Waals surface area contributed by atoms with Gasteiger partial charge in [-0.15, -0.1) is 0 Å². The predicted molar refractivity (Wildman–Crippen MR) is 95.2 cm³/mol. The van der Waals surface area contributed by atoms with Gasteiger partial charge in [0.2, 0.25) is 0 Å². The quantitative estimate of drug-likeness (QED) is 0.861. The first-order valence-corrected chi connectivity index (χ1v) is 9.11. The average molecular weight is 328 g/mol. The largest absolute Gasteiger partial charge is 0.338 e. The second-order valence-electron chi connectivity index (χ2n) is 7.19. The lowest BCUT2D eigenvalue weighted by Crippen LogP contribution is -2.32. The van der Waals surface area contributed by atoms with Gasteiger partial charge in [-0.2, -0.15) is 5.10 Å². The Morgan fingerprint density at radius 1 is 1.21 bits per heavy atom. The van der Waals surface area contributed by atoms with Gasteiger partial charge in [-0.25, -0.2) is 9.50 Å². The second-order valence-corrected chi connectivity index (χ2v) is 7.19. The molecule has 0 aromatic carbocycles. The van der Waals surface area contributed by atoms with Crippen LogP contribution in [0.5, 0.6) is 0 Å². The molecule has 2 aromatic rings. The lowest BCUT2D eigenvalue weighted by atomic mass is 9.76. The monoisotopic (exact) mass is 328 g/mol. The Hall–Kier alpha value is -1.91. The van der Waals surface area contributed by atoms with E-state index in [9.17, 15) is 4.79 Å². The molecule has 1 aliphatic heterocycles. The molecule has 1 saturated heterocycles. The summed E-state index contributed by atoms with van der Waals surface area (Å²) in [4.78, 5) is 19.6. The molecule has 0 atom stereocenters. The fraction of sp³-hybridized carbons (Fsp3) is 0.632. The molecule has 130 valence electrons. The molecule has 24 heavy (non-hydrogen) atoms. The number of carbonyl (C=O) groups excluding carboxylic acids is 1. The van der Waals surface area contributed by atoms with Gasteiger partial charge >= 0.3 is 0 Å². The maximum absolute atomic E-state index is 13.1. The van der Waals surface area contributed by atoms with Crippen molar-refractivity contribution < 1.29 is 4.79 Å². The van der Waals surface area contributed by atoms with Gasteiger partial charge in [0.05, 0.1) is 6.20 Å². The molecule has 1 amide bonds. The van der Waals surface area contributed by atoms with Crippen LogP contribution in [0, 0.1) is 19.3 Å². The maximum Gasteiger partial charge on any atom is 0.259 e. The second kappa shape index (κ2) is 6.54. The van der Waals surface area contributed by atoms with E-state index in [0.29, 0.717) is 16.6 Å². The van der Waals surface area contributed by atoms with Crippen molar-refractivity contribution in [3.8, 4) is 0 Å². The smallest absolute Gasteiger partial charge is 0.259 e. The first kappa shape index (κ1) is 16.9. The number of fused-ring (bicyclic) bond motifs is 1. The SMILES string of the molecule is CCC1(CC)CCCN(C(=O)c2cnn3c(C)cc(C)nc23)CC1. The van der Waals surface area contributed by atoms with Crippen LogP contribution in [0.4, 0.5) is 0 Å². The molecule has 1 fully saturated rings. The number of hydrogen-bond acceptors (Lipinski definition) is 3. The third kappa shape index (κ3) is 2.92. The Balaban J connectivity index is 1.87. The fourth-order valence-corrected chi connectivity index (χ4v) is 4.01. The molecule has 0 radical (unpaired) electrons. The van der Waals surface area contributed by atoms with E-state index in [4.69, 9.17) is 0 Å². The third-order valence-electron chi connectivity index (χ3n) is 5.84. The highest BCUT2D eigenvalue weighted by Crippen LogP contribution is 2.38. The maximum atomic E-state index is 13.1. The average Bonchev–Trinajstić information content (AvgIpc) is 2.87. The summed E-state index contributed by atoms with van der Waals surface area (Å²) in [6, 6.07) is 1.98. The molecule has 1 aliphatic rings. The number of carbonyl (C=O) groups is 1. The Morgan fingerprint density at radius 2 is 1.96 bits per heavy atom. The Labute approximate surface area is 144 Å². The topological polar surface area (TPSA) is 50.5 Å². The summed E-state index contributed by atoms with van der Waals surface area (Å²) in [5.41, 5.74) is 3.63. The van der Waals surface area contributed by atoms with Crippen molar-refractivity contribution in [1.82, 2.24) is 19.5 Å². The fourth-order valence-electron chi connectivity index (χ4n) is 4.01. The zero-order valence-corrected chi connectivity index (χ0v) is 15.3. The molecular formula is C19H28N4O. The summed E-state index contributed by atoms with van der Waals surface area (Å²) in [6.07, 6.45) is 7.46. The van der Waals surface area contributed by atoms with E-state index in [1.165, 1.54) is 19.3 Å². The predicted octanol–water partition coefficient (Wildman–Crippen LogP) is 3.78. The minimum Gasteiger partial charge on any atom is -0.338 e. The molecule has 0 unspecified atom stereocenters. The third-order valence-corrected chi connectivity index (χ3v) is 5.84. The van der Waals surface area contributed by atoms with E-state index in [-0.39, 0.29) is 5.91 Å². The summed E-state index contributed by atoms with van der Waals surface area (Å²) in [5.74, 6) is 0.0745. The van der Waals surface area contributed by atoms with Gasteiger partial charge in [-0.3, -0.25) is 4.79 Å². The highest BCUT2D eigenvalue weighted by Gasteiger charge is 2.31. The van der Waals surface area contributed by atoms with Crippen molar-refractivity contribution in [2.75, 3.05) is 13.1 Å². The van der Waals surface area contributed by atoms with Gasteiger partial charge in [0.1, 0.15) is 5.56 Å². The van der Waals surface area contributed by atoms with Gasteiger partial charge in [-0.05, 0) is 44.6 Å². The van der Waals surface area contributed by atoms with E-state index >= 15 is 0 Å². The van der Waals surface area contributed by atoms with Crippen molar-refractivity contribution >= 4 is 11.6 Å². The molecule has 3 heterocycles. The summed E-state index contributed by atoms with van der Waals surface area (Å²) >= 11 is 0. The van der Waals surface area contributed by atoms with E-state index in [0.717, 1.165) is 37.3 Å². The molecule has 0 spiro atoms. The van der Waals surface area contributed by atoms with Crippen LogP contribution in [-0.4, -0.2) is 38.5 Å². The van der Waals surface area contributed by atoms with Crippen molar-refractivity contribution in [2.45, 2.75) is 59.8 Å². The normalized spacial score (nSPS) is 17.9. The first-order chi connectivity index (χ1) is 11.5. The number of amides is 1. The Kier molecular flexibility index (Phi) is 4.61. The summed E-state index contributed by atoms with van der Waals surface area (Å²) < 4.78 is 1.76. The van der Waals surface area contributed by atoms with Crippen molar-refractivity contribution in [2.24, 2.45) is 5.41 Å². The van der Waals surface area contributed by atoms with Crippen LogP contribution >= 0.6 is 0 Å². The Morgan fingerprint density at radius 3 is 2.67 bits per heavy atom. The summed E-state index contributed by atoms with van der Waals surface area (Å²) in [6.45, 7) is 10.2. The lowest BCUT2D eigenvalue weighted by Gasteiger charge is -2.30. The molecule has 3 rings (SSSR count). The summed E-state index contributed by atoms with van der Waals surface area (Å²) in [7, 11) is 0. The van der Waals surface area contributed by atoms with E-state index < -0.39 is 0 Å². The molecule has 0 aliphatic carbocycles. The molecule has 0 bridgehead atoms. The van der Waals surface area contributed by atoms with Crippen LogP contribution in [0.3, 0.4) is 0 Å². The molecule has 2 aromatic heterocycles. The zero-order valence-electron chi connectivity index (χ0n) is 15.3. The van der Waals surface area contributed by atoms with E-state index in [1.54, 1.807) is 10.7 Å². The van der Waals surface area contributed by atoms with E-state index in [1.807, 2.05) is 24.8 Å². The first-order valence-electron chi connectivity index (χ1n) is 9.11. The molecule has 0 saturated carbocycles. The van der Waals surface area contributed by atoms with Crippen LogP contribution in [0.2, 0.25) is 0 Å². The van der Waals surface area contributed by atoms with Gasteiger partial charge in [-0.1, -0.05) is 26.7 Å². The number of aryl methyl sites for hydroxylation is 2. The Bertz CT molecular complexity index is 745.